The highest BCUT2D eigenvalue weighted by atomic mass is 32.1. The van der Waals surface area contributed by atoms with Crippen LogP contribution in [0, 0.1) is 16.0 Å². The molecule has 1 aliphatic carbocycles. The van der Waals surface area contributed by atoms with E-state index in [1.54, 1.807) is 0 Å². The largest absolute Gasteiger partial charge is 0.493 e. The molecule has 0 radical (unpaired) electrons. The number of hydrogen-bond donors (Lipinski definition) is 2. The first-order valence-electron chi connectivity index (χ1n) is 8.35. The van der Waals surface area contributed by atoms with Crippen LogP contribution in [0.1, 0.15) is 28.1 Å². The minimum atomic E-state index is -1.17. The fourth-order valence-corrected chi connectivity index (χ4v) is 3.93. The molecule has 0 saturated heterocycles. The standard InChI is InChI=1S/C18H20N2O6S/c1-25-14-8-12(13(20(23)24)9-15(14)26-2)17(21)19-10-18(22,11-5-6-11)16-4-3-7-27-16/h3-4,7-9,11,22H,5-6,10H2,1-2H3,(H,19,21). The number of ether oxygens (including phenoxy) is 2. The van der Waals surface area contributed by atoms with E-state index in [9.17, 15) is 20.0 Å². The fraction of sp³-hybridized carbons (Fsp3) is 0.389. The second-order valence-electron chi connectivity index (χ2n) is 6.34. The van der Waals surface area contributed by atoms with Gasteiger partial charge in [-0.1, -0.05) is 6.07 Å². The number of nitro groups is 1. The van der Waals surface area contributed by atoms with Gasteiger partial charge in [0, 0.05) is 10.9 Å². The lowest BCUT2D eigenvalue weighted by atomic mass is 9.95. The maximum absolute atomic E-state index is 12.7. The van der Waals surface area contributed by atoms with Gasteiger partial charge >= 0.3 is 0 Å². The third kappa shape index (κ3) is 3.74. The predicted octanol–water partition coefficient (Wildman–Crippen LogP) is 2.70. The van der Waals surface area contributed by atoms with Crippen LogP contribution in [0.4, 0.5) is 5.69 Å². The number of methoxy groups -OCH3 is 2. The number of nitrogens with zero attached hydrogens (tertiary/aromatic N) is 1. The molecule has 1 fully saturated rings. The van der Waals surface area contributed by atoms with E-state index in [1.807, 2.05) is 17.5 Å². The van der Waals surface area contributed by atoms with Crippen LogP contribution in [0.25, 0.3) is 0 Å². The predicted molar refractivity (Wildman–Crippen MR) is 99.5 cm³/mol. The molecule has 1 aromatic heterocycles. The van der Waals surface area contributed by atoms with Gasteiger partial charge in [-0.05, 0) is 30.2 Å². The summed E-state index contributed by atoms with van der Waals surface area (Å²) in [7, 11) is 2.74. The molecule has 1 aliphatic rings. The van der Waals surface area contributed by atoms with Gasteiger partial charge in [0.05, 0.1) is 31.8 Å². The molecule has 1 saturated carbocycles. The Labute approximate surface area is 159 Å². The fourth-order valence-electron chi connectivity index (χ4n) is 3.03. The lowest BCUT2D eigenvalue weighted by Gasteiger charge is -2.27. The van der Waals surface area contributed by atoms with E-state index in [4.69, 9.17) is 9.47 Å². The average Bonchev–Trinajstić information content (AvgIpc) is 3.39. The summed E-state index contributed by atoms with van der Waals surface area (Å²) in [6.07, 6.45) is 1.75. The van der Waals surface area contributed by atoms with Gasteiger partial charge in [0.15, 0.2) is 11.5 Å². The van der Waals surface area contributed by atoms with E-state index in [2.05, 4.69) is 5.32 Å². The van der Waals surface area contributed by atoms with E-state index in [0.717, 1.165) is 23.8 Å². The number of aliphatic hydroxyl groups is 1. The average molecular weight is 392 g/mol. The van der Waals surface area contributed by atoms with Crippen molar-refractivity contribution in [1.82, 2.24) is 5.32 Å². The Morgan fingerprint density at radius 2 is 2.04 bits per heavy atom. The minimum Gasteiger partial charge on any atom is -0.493 e. The molecule has 8 nitrogen and oxygen atoms in total. The minimum absolute atomic E-state index is 0.0253. The summed E-state index contributed by atoms with van der Waals surface area (Å²) in [5.41, 5.74) is -1.71. The van der Waals surface area contributed by atoms with Crippen LogP contribution in [-0.4, -0.2) is 36.7 Å². The SMILES string of the molecule is COc1cc(C(=O)NCC(O)(c2cccs2)C2CC2)c([N+](=O)[O-])cc1OC. The van der Waals surface area contributed by atoms with Crippen LogP contribution in [0.2, 0.25) is 0 Å². The number of thiophene rings is 1. The monoisotopic (exact) mass is 392 g/mol. The van der Waals surface area contributed by atoms with Crippen LogP contribution in [0.3, 0.4) is 0 Å². The highest BCUT2D eigenvalue weighted by Gasteiger charge is 2.46. The van der Waals surface area contributed by atoms with Crippen molar-refractivity contribution < 1.29 is 24.3 Å². The van der Waals surface area contributed by atoms with Gasteiger partial charge in [-0.2, -0.15) is 0 Å². The number of nitrogens with one attached hydrogen (secondary N) is 1. The van der Waals surface area contributed by atoms with E-state index in [-0.39, 0.29) is 29.5 Å². The molecular weight excluding hydrogens is 372 g/mol. The van der Waals surface area contributed by atoms with Crippen LogP contribution in [0.5, 0.6) is 11.5 Å². The van der Waals surface area contributed by atoms with Crippen molar-refractivity contribution in [2.75, 3.05) is 20.8 Å². The van der Waals surface area contributed by atoms with E-state index < -0.39 is 22.1 Å². The first-order chi connectivity index (χ1) is 12.9. The third-order valence-corrected chi connectivity index (χ3v) is 5.70. The van der Waals surface area contributed by atoms with E-state index in [1.165, 1.54) is 31.6 Å². The molecule has 0 bridgehead atoms. The van der Waals surface area contributed by atoms with Gasteiger partial charge < -0.3 is 19.9 Å². The molecule has 1 amide bonds. The van der Waals surface area contributed by atoms with E-state index >= 15 is 0 Å². The Morgan fingerprint density at radius 3 is 2.56 bits per heavy atom. The maximum atomic E-state index is 12.7. The molecule has 144 valence electrons. The molecular formula is C18H20N2O6S. The number of rotatable bonds is 8. The molecule has 2 aromatic rings. The van der Waals surface area contributed by atoms with Gasteiger partial charge in [-0.25, -0.2) is 0 Å². The zero-order valence-electron chi connectivity index (χ0n) is 14.9. The van der Waals surface area contributed by atoms with Crippen molar-refractivity contribution in [1.29, 1.82) is 0 Å². The lowest BCUT2D eigenvalue weighted by Crippen LogP contribution is -2.42. The lowest BCUT2D eigenvalue weighted by molar-refractivity contribution is -0.385. The highest BCUT2D eigenvalue weighted by molar-refractivity contribution is 7.10. The summed E-state index contributed by atoms with van der Waals surface area (Å²) in [6, 6.07) is 6.09. The topological polar surface area (TPSA) is 111 Å². The molecule has 1 unspecified atom stereocenters. The smallest absolute Gasteiger partial charge is 0.286 e. The molecule has 27 heavy (non-hydrogen) atoms. The van der Waals surface area contributed by atoms with Gasteiger partial charge in [0.1, 0.15) is 11.2 Å². The van der Waals surface area contributed by atoms with E-state index in [0.29, 0.717) is 0 Å². The van der Waals surface area contributed by atoms with Gasteiger partial charge in [0.2, 0.25) is 0 Å². The zero-order valence-corrected chi connectivity index (χ0v) is 15.7. The summed E-state index contributed by atoms with van der Waals surface area (Å²) >= 11 is 1.42. The van der Waals surface area contributed by atoms with Gasteiger partial charge in [-0.3, -0.25) is 14.9 Å². The maximum Gasteiger partial charge on any atom is 0.286 e. The number of hydrogen-bond acceptors (Lipinski definition) is 7. The molecule has 3 rings (SSSR count). The van der Waals surface area contributed by atoms with Gasteiger partial charge in [0.25, 0.3) is 11.6 Å². The Hall–Kier alpha value is -2.65. The number of benzene rings is 1. The first-order valence-corrected chi connectivity index (χ1v) is 9.23. The summed E-state index contributed by atoms with van der Waals surface area (Å²) in [4.78, 5) is 24.2. The molecule has 1 aromatic carbocycles. The van der Waals surface area contributed by atoms with Crippen LogP contribution < -0.4 is 14.8 Å². The quantitative estimate of drug-likeness (QED) is 0.528. The number of carbonyl (C=O) groups excluding carboxylic acids is 1. The number of amides is 1. The molecule has 0 spiro atoms. The molecule has 1 atom stereocenters. The third-order valence-electron chi connectivity index (χ3n) is 4.66. The van der Waals surface area contributed by atoms with Crippen LogP contribution in [-0.2, 0) is 5.60 Å². The Kier molecular flexibility index (Phi) is 5.33. The molecule has 2 N–H and O–H groups in total. The Balaban J connectivity index is 1.86. The number of carbonyl (C=O) groups is 1. The first kappa shape index (κ1) is 19.1. The van der Waals surface area contributed by atoms with Crippen LogP contribution in [0.15, 0.2) is 29.6 Å². The van der Waals surface area contributed by atoms with Crippen molar-refractivity contribution in [3.05, 3.63) is 50.2 Å². The normalized spacial score (nSPS) is 15.7. The van der Waals surface area contributed by atoms with Crippen molar-refractivity contribution in [3.63, 3.8) is 0 Å². The zero-order chi connectivity index (χ0) is 19.6. The summed E-state index contributed by atoms with van der Waals surface area (Å²) in [5.74, 6) is -0.215. The van der Waals surface area contributed by atoms with Crippen LogP contribution >= 0.6 is 11.3 Å². The van der Waals surface area contributed by atoms with Crippen molar-refractivity contribution >= 4 is 22.9 Å². The van der Waals surface area contributed by atoms with Crippen molar-refractivity contribution in [2.24, 2.45) is 5.92 Å². The number of nitro benzene ring substituents is 1. The second kappa shape index (κ2) is 7.53. The highest BCUT2D eigenvalue weighted by Crippen LogP contribution is 2.46. The molecule has 0 aliphatic heterocycles. The second-order valence-corrected chi connectivity index (χ2v) is 7.29. The van der Waals surface area contributed by atoms with Crippen molar-refractivity contribution in [2.45, 2.75) is 18.4 Å². The Bertz CT molecular complexity index is 850. The summed E-state index contributed by atoms with van der Waals surface area (Å²) in [6.45, 7) is -0.0253. The molecule has 9 heteroatoms. The van der Waals surface area contributed by atoms with Crippen molar-refractivity contribution in [3.8, 4) is 11.5 Å². The Morgan fingerprint density at radius 1 is 1.37 bits per heavy atom. The summed E-state index contributed by atoms with van der Waals surface area (Å²) < 4.78 is 10.2. The summed E-state index contributed by atoms with van der Waals surface area (Å²) in [5, 5.41) is 27.0. The van der Waals surface area contributed by atoms with Gasteiger partial charge in [-0.15, -0.1) is 11.3 Å². The molecule has 1 heterocycles.